The highest BCUT2D eigenvalue weighted by molar-refractivity contribution is 7.45. The molecular weight excluding hydrogens is 1080 g/mol. The van der Waals surface area contributed by atoms with Crippen molar-refractivity contribution in [2.75, 3.05) is 40.9 Å². The quantitative estimate of drug-likeness (QED) is 0.0272. The van der Waals surface area contributed by atoms with E-state index in [0.717, 1.165) is 38.5 Å². The first-order valence-corrected chi connectivity index (χ1v) is 40.5. The first-order chi connectivity index (χ1) is 42.0. The van der Waals surface area contributed by atoms with Gasteiger partial charge in [-0.1, -0.05) is 392 Å². The molecule has 0 saturated heterocycles. The summed E-state index contributed by atoms with van der Waals surface area (Å²) < 4.78 is 23.6. The number of amides is 1. The third-order valence-corrected chi connectivity index (χ3v) is 19.5. The molecule has 0 spiro atoms. The zero-order chi connectivity index (χ0) is 62.6. The van der Waals surface area contributed by atoms with Crippen molar-refractivity contribution in [3.63, 3.8) is 0 Å². The zero-order valence-corrected chi connectivity index (χ0v) is 60.0. The van der Waals surface area contributed by atoms with Gasteiger partial charge in [0.2, 0.25) is 5.91 Å². The maximum Gasteiger partial charge on any atom is 0.268 e. The summed E-state index contributed by atoms with van der Waals surface area (Å²) in [5.74, 6) is -0.153. The van der Waals surface area contributed by atoms with Crippen molar-refractivity contribution in [2.45, 2.75) is 437 Å². The van der Waals surface area contributed by atoms with Crippen LogP contribution in [0.1, 0.15) is 425 Å². The highest BCUT2D eigenvalue weighted by atomic mass is 31.2. The van der Waals surface area contributed by atoms with E-state index in [1.807, 2.05) is 21.1 Å². The van der Waals surface area contributed by atoms with E-state index in [2.05, 4.69) is 31.3 Å². The molecule has 3 unspecified atom stereocenters. The molecule has 0 aliphatic carbocycles. The molecule has 8 nitrogen and oxygen atoms in total. The van der Waals surface area contributed by atoms with E-state index in [-0.39, 0.29) is 19.1 Å². The largest absolute Gasteiger partial charge is 0.756 e. The Morgan fingerprint density at radius 1 is 0.395 bits per heavy atom. The molecule has 1 amide bonds. The Balaban J connectivity index is 3.85. The number of hydrogen-bond acceptors (Lipinski definition) is 6. The predicted octanol–water partition coefficient (Wildman–Crippen LogP) is 24.6. The van der Waals surface area contributed by atoms with Gasteiger partial charge in [0.25, 0.3) is 7.82 Å². The number of nitrogens with one attached hydrogen (secondary N) is 1. The van der Waals surface area contributed by atoms with Crippen LogP contribution in [0.5, 0.6) is 0 Å². The average Bonchev–Trinajstić information content (AvgIpc) is 3.70. The third kappa shape index (κ3) is 70.7. The number of nitrogens with zero attached hydrogens (tertiary/aromatic N) is 1. The second-order valence-corrected chi connectivity index (χ2v) is 29.8. The number of phosphoric ester groups is 1. The molecule has 0 aromatic heterocycles. The highest BCUT2D eigenvalue weighted by Gasteiger charge is 2.24. The minimum absolute atomic E-state index is 0.0164. The Kier molecular flexibility index (Phi) is 68.0. The van der Waals surface area contributed by atoms with Gasteiger partial charge >= 0.3 is 0 Å². The van der Waals surface area contributed by atoms with E-state index in [4.69, 9.17) is 9.05 Å². The molecular formula is C77H155N2O6P. The molecule has 514 valence electrons. The van der Waals surface area contributed by atoms with Crippen LogP contribution in [0.25, 0.3) is 0 Å². The smallest absolute Gasteiger partial charge is 0.268 e. The molecule has 0 aliphatic rings. The minimum Gasteiger partial charge on any atom is -0.756 e. The van der Waals surface area contributed by atoms with Crippen LogP contribution in [-0.4, -0.2) is 68.5 Å². The number of rotatable bonds is 74. The second kappa shape index (κ2) is 68.6. The zero-order valence-electron chi connectivity index (χ0n) is 59.1. The van der Waals surface area contributed by atoms with Crippen LogP contribution in [0, 0.1) is 0 Å². The van der Waals surface area contributed by atoms with Gasteiger partial charge in [-0.25, -0.2) is 0 Å². The molecule has 0 bridgehead atoms. The summed E-state index contributed by atoms with van der Waals surface area (Å²) in [6.07, 6.45) is 89.1. The number of carbonyl (C=O) groups excluding carboxylic acids is 1. The van der Waals surface area contributed by atoms with Gasteiger partial charge in [-0.3, -0.25) is 9.36 Å². The van der Waals surface area contributed by atoms with Crippen molar-refractivity contribution in [3.8, 4) is 0 Å². The number of hydrogen-bond donors (Lipinski definition) is 2. The predicted molar refractivity (Wildman–Crippen MR) is 376 cm³/mol. The van der Waals surface area contributed by atoms with Gasteiger partial charge in [0.05, 0.1) is 39.9 Å². The molecule has 0 heterocycles. The summed E-state index contributed by atoms with van der Waals surface area (Å²) in [6, 6.07) is -0.798. The summed E-state index contributed by atoms with van der Waals surface area (Å²) in [5.41, 5.74) is 0. The summed E-state index contributed by atoms with van der Waals surface area (Å²) in [4.78, 5) is 25.7. The van der Waals surface area contributed by atoms with E-state index in [1.165, 1.54) is 360 Å². The Morgan fingerprint density at radius 2 is 0.640 bits per heavy atom. The Morgan fingerprint density at radius 3 is 0.907 bits per heavy atom. The van der Waals surface area contributed by atoms with E-state index in [9.17, 15) is 19.4 Å². The molecule has 0 aromatic rings. The lowest BCUT2D eigenvalue weighted by Crippen LogP contribution is -2.46. The van der Waals surface area contributed by atoms with Crippen LogP contribution < -0.4 is 10.2 Å². The highest BCUT2D eigenvalue weighted by Crippen LogP contribution is 2.38. The fourth-order valence-electron chi connectivity index (χ4n) is 12.5. The fraction of sp³-hybridized carbons (Fsp3) is 0.961. The first kappa shape index (κ1) is 85.2. The third-order valence-electron chi connectivity index (χ3n) is 18.5. The van der Waals surface area contributed by atoms with Crippen LogP contribution >= 0.6 is 7.82 Å². The molecule has 3 atom stereocenters. The summed E-state index contributed by atoms with van der Waals surface area (Å²) in [5, 5.41) is 14.1. The van der Waals surface area contributed by atoms with Crippen LogP contribution in [0.4, 0.5) is 0 Å². The Hall–Kier alpha value is -0.760. The molecule has 86 heavy (non-hydrogen) atoms. The molecule has 0 radical (unpaired) electrons. The van der Waals surface area contributed by atoms with Gasteiger partial charge in [0.15, 0.2) is 0 Å². The van der Waals surface area contributed by atoms with Gasteiger partial charge in [-0.05, 0) is 38.5 Å². The van der Waals surface area contributed by atoms with Crippen molar-refractivity contribution >= 4 is 13.7 Å². The topological polar surface area (TPSA) is 108 Å². The first-order valence-electron chi connectivity index (χ1n) is 39.0. The number of aliphatic hydroxyl groups excluding tert-OH is 1. The standard InChI is InChI=1S/C77H155N2O6P/c1-6-8-10-12-14-16-18-20-22-24-26-28-30-31-32-33-34-35-36-37-38-39-40-41-42-43-44-45-46-47-49-51-53-55-57-59-61-63-65-67-69-71-77(81)78-75(74-85-86(82,83)84-73-72-79(3,4)5)76(80)70-68-66-64-62-60-58-56-54-52-50-48-29-27-25-23-21-19-17-15-13-11-9-7-2/h24,26,75-76,80H,6-23,25,27-74H2,1-5H3,(H-,78,81,82,83)/b26-24-. The number of phosphoric acid groups is 1. The summed E-state index contributed by atoms with van der Waals surface area (Å²) >= 11 is 0. The molecule has 0 aromatic carbocycles. The number of carbonyl (C=O) groups is 1. The average molecular weight is 1240 g/mol. The number of unbranched alkanes of at least 4 members (excludes halogenated alkanes) is 59. The van der Waals surface area contributed by atoms with Gasteiger partial charge in [0.1, 0.15) is 13.2 Å². The number of allylic oxidation sites excluding steroid dienone is 2. The van der Waals surface area contributed by atoms with E-state index in [0.29, 0.717) is 23.9 Å². The van der Waals surface area contributed by atoms with Gasteiger partial charge in [-0.15, -0.1) is 0 Å². The molecule has 2 N–H and O–H groups in total. The van der Waals surface area contributed by atoms with E-state index < -0.39 is 20.0 Å². The van der Waals surface area contributed by atoms with Crippen molar-refractivity contribution in [1.82, 2.24) is 5.32 Å². The fourth-order valence-corrected chi connectivity index (χ4v) is 13.2. The van der Waals surface area contributed by atoms with Gasteiger partial charge in [0, 0.05) is 6.42 Å². The van der Waals surface area contributed by atoms with Crippen molar-refractivity contribution in [3.05, 3.63) is 12.2 Å². The molecule has 0 aliphatic heterocycles. The van der Waals surface area contributed by atoms with Crippen LogP contribution in [0.15, 0.2) is 12.2 Å². The van der Waals surface area contributed by atoms with Crippen LogP contribution in [-0.2, 0) is 18.4 Å². The lowest BCUT2D eigenvalue weighted by molar-refractivity contribution is -0.870. The SMILES string of the molecule is CCCCCCCCCC/C=C\CCCCCCCCCCCCCCCCCCCCCCCCCCCCCCCC(=O)NC(COP(=O)([O-])OCC[N+](C)(C)C)C(O)CCCCCCCCCCCCCCCCCCCCCCCCC. The van der Waals surface area contributed by atoms with Crippen molar-refractivity contribution in [2.24, 2.45) is 0 Å². The molecule has 0 rings (SSSR count). The lowest BCUT2D eigenvalue weighted by Gasteiger charge is -2.30. The van der Waals surface area contributed by atoms with Crippen LogP contribution in [0.2, 0.25) is 0 Å². The summed E-state index contributed by atoms with van der Waals surface area (Å²) in [6.45, 7) is 4.80. The molecule has 0 fully saturated rings. The van der Waals surface area contributed by atoms with E-state index in [1.54, 1.807) is 0 Å². The van der Waals surface area contributed by atoms with Gasteiger partial charge in [-0.2, -0.15) is 0 Å². The minimum atomic E-state index is -4.58. The maximum absolute atomic E-state index is 13.1. The molecule has 0 saturated carbocycles. The van der Waals surface area contributed by atoms with Crippen molar-refractivity contribution in [1.29, 1.82) is 0 Å². The second-order valence-electron chi connectivity index (χ2n) is 28.4. The Labute approximate surface area is 539 Å². The maximum atomic E-state index is 13.1. The van der Waals surface area contributed by atoms with Gasteiger partial charge < -0.3 is 28.8 Å². The van der Waals surface area contributed by atoms with Crippen molar-refractivity contribution < 1.29 is 32.9 Å². The number of quaternary nitrogens is 1. The number of aliphatic hydroxyl groups is 1. The Bertz CT molecular complexity index is 1410. The molecule has 9 heteroatoms. The van der Waals surface area contributed by atoms with Crippen LogP contribution in [0.3, 0.4) is 0 Å². The monoisotopic (exact) mass is 1240 g/mol. The lowest BCUT2D eigenvalue weighted by atomic mass is 10.0. The number of likely N-dealkylation sites (N-methyl/N-ethyl adjacent to an activating group) is 1. The van der Waals surface area contributed by atoms with E-state index >= 15 is 0 Å². The normalized spacial score (nSPS) is 13.5. The summed E-state index contributed by atoms with van der Waals surface area (Å²) in [7, 11) is 1.33.